The number of halogens is 1. The topological polar surface area (TPSA) is 86.7 Å². The van der Waals surface area contributed by atoms with Crippen LogP contribution in [0.15, 0.2) is 23.7 Å². The van der Waals surface area contributed by atoms with Crippen LogP contribution in [0.2, 0.25) is 5.28 Å². The Morgan fingerprint density at radius 2 is 2.22 bits per heavy atom. The molecule has 0 atom stereocenters. The van der Waals surface area contributed by atoms with Gasteiger partial charge in [-0.25, -0.2) is 9.67 Å². The summed E-state index contributed by atoms with van der Waals surface area (Å²) in [5.41, 5.74) is 5.33. The average Bonchev–Trinajstić information content (AvgIpc) is 2.95. The van der Waals surface area contributed by atoms with Crippen molar-refractivity contribution in [2.45, 2.75) is 0 Å². The third-order valence-electron chi connectivity index (χ3n) is 2.34. The summed E-state index contributed by atoms with van der Waals surface area (Å²) in [5.74, 6) is -0.0609. The highest BCUT2D eigenvalue weighted by Crippen LogP contribution is 2.25. The quantitative estimate of drug-likeness (QED) is 0.722. The van der Waals surface area contributed by atoms with E-state index in [1.807, 2.05) is 11.4 Å². The summed E-state index contributed by atoms with van der Waals surface area (Å²) in [6, 6.07) is 3.40. The number of amides is 1. The zero-order valence-electron chi connectivity index (χ0n) is 8.87. The van der Waals surface area contributed by atoms with E-state index in [1.165, 1.54) is 22.1 Å². The van der Waals surface area contributed by atoms with Crippen LogP contribution in [-0.4, -0.2) is 25.7 Å². The van der Waals surface area contributed by atoms with Gasteiger partial charge in [0.1, 0.15) is 10.5 Å². The summed E-state index contributed by atoms with van der Waals surface area (Å²) in [6.07, 6.45) is 1.61. The van der Waals surface area contributed by atoms with Crippen LogP contribution in [0.5, 0.6) is 0 Å². The number of rotatable bonds is 2. The molecule has 0 radical (unpaired) electrons. The Hall–Kier alpha value is -1.99. The van der Waals surface area contributed by atoms with Gasteiger partial charge in [-0.15, -0.1) is 11.3 Å². The van der Waals surface area contributed by atoms with Crippen molar-refractivity contribution in [2.24, 2.45) is 5.73 Å². The van der Waals surface area contributed by atoms with E-state index >= 15 is 0 Å². The second-order valence-corrected chi connectivity index (χ2v) is 4.70. The minimum absolute atomic E-state index is 0.135. The van der Waals surface area contributed by atoms with Crippen LogP contribution >= 0.6 is 22.9 Å². The Kier molecular flexibility index (Phi) is 2.49. The molecule has 0 fully saturated rings. The molecule has 3 aromatic rings. The van der Waals surface area contributed by atoms with Gasteiger partial charge in [0.2, 0.25) is 5.28 Å². The van der Waals surface area contributed by atoms with Gasteiger partial charge in [-0.1, -0.05) is 0 Å². The van der Waals surface area contributed by atoms with Crippen LogP contribution in [0.25, 0.3) is 16.0 Å². The molecule has 6 nitrogen and oxygen atoms in total. The van der Waals surface area contributed by atoms with E-state index in [0.29, 0.717) is 5.82 Å². The fourth-order valence-corrected chi connectivity index (χ4v) is 2.54. The van der Waals surface area contributed by atoms with Gasteiger partial charge in [0.15, 0.2) is 5.82 Å². The third-order valence-corrected chi connectivity index (χ3v) is 3.31. The number of aromatic nitrogens is 4. The number of hydrogen-bond acceptors (Lipinski definition) is 5. The smallest absolute Gasteiger partial charge is 0.269 e. The van der Waals surface area contributed by atoms with Crippen LogP contribution < -0.4 is 5.73 Å². The number of hydrogen-bond donors (Lipinski definition) is 1. The minimum atomic E-state index is -0.588. The van der Waals surface area contributed by atoms with Gasteiger partial charge in [-0.05, 0) is 29.1 Å². The highest BCUT2D eigenvalue weighted by atomic mass is 35.5. The number of carbonyl (C=O) groups excluding carboxylic acids is 1. The lowest BCUT2D eigenvalue weighted by Gasteiger charge is -2.02. The summed E-state index contributed by atoms with van der Waals surface area (Å²) in [6.45, 7) is 0. The predicted octanol–water partition coefficient (Wildman–Crippen LogP) is 1.63. The molecule has 3 rings (SSSR count). The molecule has 3 aromatic heterocycles. The Bertz CT molecular complexity index is 750. The maximum absolute atomic E-state index is 11.0. The van der Waals surface area contributed by atoms with Crippen molar-refractivity contribution in [1.29, 1.82) is 0 Å². The van der Waals surface area contributed by atoms with Gasteiger partial charge in [-0.2, -0.15) is 10.1 Å². The molecule has 0 saturated heterocycles. The SMILES string of the molecule is NC(=O)c1ccn(-c2nc(Cl)nc3sccc23)n1. The zero-order valence-corrected chi connectivity index (χ0v) is 10.4. The van der Waals surface area contributed by atoms with E-state index < -0.39 is 5.91 Å². The zero-order chi connectivity index (χ0) is 12.7. The molecule has 3 heterocycles. The Labute approximate surface area is 110 Å². The van der Waals surface area contributed by atoms with Crippen molar-refractivity contribution in [2.75, 3.05) is 0 Å². The summed E-state index contributed by atoms with van der Waals surface area (Å²) in [5, 5.41) is 6.89. The minimum Gasteiger partial charge on any atom is -0.364 e. The molecule has 90 valence electrons. The van der Waals surface area contributed by atoms with Crippen LogP contribution in [0.1, 0.15) is 10.5 Å². The molecule has 8 heteroatoms. The van der Waals surface area contributed by atoms with Gasteiger partial charge in [0, 0.05) is 6.20 Å². The number of carbonyl (C=O) groups is 1. The van der Waals surface area contributed by atoms with Gasteiger partial charge >= 0.3 is 0 Å². The first-order valence-electron chi connectivity index (χ1n) is 4.92. The van der Waals surface area contributed by atoms with Crippen LogP contribution in [-0.2, 0) is 0 Å². The molecule has 0 aliphatic heterocycles. The molecule has 0 aliphatic rings. The average molecular weight is 280 g/mol. The van der Waals surface area contributed by atoms with Gasteiger partial charge in [-0.3, -0.25) is 4.79 Å². The van der Waals surface area contributed by atoms with Gasteiger partial charge in [0.25, 0.3) is 5.91 Å². The molecule has 0 aliphatic carbocycles. The molecule has 2 N–H and O–H groups in total. The van der Waals surface area contributed by atoms with Crippen LogP contribution in [0.3, 0.4) is 0 Å². The number of nitrogens with zero attached hydrogens (tertiary/aromatic N) is 4. The summed E-state index contributed by atoms with van der Waals surface area (Å²) in [7, 11) is 0. The van der Waals surface area contributed by atoms with Crippen molar-refractivity contribution in [3.05, 3.63) is 34.7 Å². The van der Waals surface area contributed by atoms with E-state index in [1.54, 1.807) is 6.20 Å². The number of thiophene rings is 1. The van der Waals surface area contributed by atoms with E-state index in [4.69, 9.17) is 17.3 Å². The van der Waals surface area contributed by atoms with Crippen molar-refractivity contribution < 1.29 is 4.79 Å². The molecule has 0 spiro atoms. The van der Waals surface area contributed by atoms with Crippen molar-refractivity contribution in [3.8, 4) is 5.82 Å². The fourth-order valence-electron chi connectivity index (χ4n) is 1.56. The number of primary amides is 1. The number of nitrogens with two attached hydrogens (primary N) is 1. The molecule has 0 saturated carbocycles. The molecular weight excluding hydrogens is 274 g/mol. The Morgan fingerprint density at radius 1 is 1.39 bits per heavy atom. The highest BCUT2D eigenvalue weighted by molar-refractivity contribution is 7.16. The monoisotopic (exact) mass is 279 g/mol. The molecule has 1 amide bonds. The first-order chi connectivity index (χ1) is 8.65. The van der Waals surface area contributed by atoms with Gasteiger partial charge < -0.3 is 5.73 Å². The molecular formula is C10H6ClN5OS. The highest BCUT2D eigenvalue weighted by Gasteiger charge is 2.12. The first kappa shape index (κ1) is 11.1. The van der Waals surface area contributed by atoms with E-state index in [2.05, 4.69) is 15.1 Å². The summed E-state index contributed by atoms with van der Waals surface area (Å²) in [4.78, 5) is 20.0. The van der Waals surface area contributed by atoms with Crippen LogP contribution in [0, 0.1) is 0 Å². The van der Waals surface area contributed by atoms with Crippen molar-refractivity contribution >= 4 is 39.1 Å². The molecule has 0 aromatic carbocycles. The Balaban J connectivity index is 2.23. The van der Waals surface area contributed by atoms with E-state index in [9.17, 15) is 4.79 Å². The third kappa shape index (κ3) is 1.73. The van der Waals surface area contributed by atoms with E-state index in [-0.39, 0.29) is 11.0 Å². The predicted molar refractivity (Wildman–Crippen MR) is 68.1 cm³/mol. The normalized spacial score (nSPS) is 10.9. The lowest BCUT2D eigenvalue weighted by atomic mass is 10.4. The Morgan fingerprint density at radius 3 is 2.94 bits per heavy atom. The largest absolute Gasteiger partial charge is 0.364 e. The molecule has 0 bridgehead atoms. The molecule has 18 heavy (non-hydrogen) atoms. The van der Waals surface area contributed by atoms with E-state index in [0.717, 1.165) is 10.2 Å². The standard InChI is InChI=1S/C10H6ClN5OS/c11-10-13-8(5-2-4-18-9(5)14-10)16-3-1-6(15-16)7(12)17/h1-4H,(H2,12,17). The van der Waals surface area contributed by atoms with Gasteiger partial charge in [0.05, 0.1) is 5.39 Å². The lowest BCUT2D eigenvalue weighted by molar-refractivity contribution is 0.0995. The van der Waals surface area contributed by atoms with Crippen molar-refractivity contribution in [3.63, 3.8) is 0 Å². The second-order valence-electron chi connectivity index (χ2n) is 3.47. The lowest BCUT2D eigenvalue weighted by Crippen LogP contribution is -2.12. The fraction of sp³-hybridized carbons (Fsp3) is 0. The maximum atomic E-state index is 11.0. The van der Waals surface area contributed by atoms with Crippen molar-refractivity contribution in [1.82, 2.24) is 19.7 Å². The number of fused-ring (bicyclic) bond motifs is 1. The summed E-state index contributed by atoms with van der Waals surface area (Å²) >= 11 is 7.31. The second kappa shape index (κ2) is 4.04. The first-order valence-corrected chi connectivity index (χ1v) is 6.17. The summed E-state index contributed by atoms with van der Waals surface area (Å²) < 4.78 is 1.46. The van der Waals surface area contributed by atoms with Crippen LogP contribution in [0.4, 0.5) is 0 Å². The molecule has 0 unspecified atom stereocenters. The maximum Gasteiger partial charge on any atom is 0.269 e.